The second kappa shape index (κ2) is 20.8. The van der Waals surface area contributed by atoms with Crippen LogP contribution in [-0.2, 0) is 14.2 Å². The van der Waals surface area contributed by atoms with Gasteiger partial charge in [-0.1, -0.05) is 83.1 Å². The van der Waals surface area contributed by atoms with Crippen LogP contribution in [0.4, 0.5) is 0 Å². The molecule has 0 spiro atoms. The van der Waals surface area contributed by atoms with Gasteiger partial charge in [0.2, 0.25) is 0 Å². The second-order valence-electron chi connectivity index (χ2n) is 11.8. The first-order valence-corrected chi connectivity index (χ1v) is 12.4. The van der Waals surface area contributed by atoms with Gasteiger partial charge in [-0.05, 0) is 54.8 Å². The van der Waals surface area contributed by atoms with E-state index in [0.29, 0.717) is 16.2 Å². The van der Waals surface area contributed by atoms with Crippen LogP contribution in [0.2, 0.25) is 0 Å². The predicted octanol–water partition coefficient (Wildman–Crippen LogP) is 8.55. The number of hydrogen-bond acceptors (Lipinski definition) is 3. The lowest BCUT2D eigenvalue weighted by Crippen LogP contribution is -2.09. The number of hydrogen-bond donors (Lipinski definition) is 0. The first-order chi connectivity index (χ1) is 13.7. The van der Waals surface area contributed by atoms with Crippen LogP contribution >= 0.6 is 0 Å². The average molecular weight is 433 g/mol. The van der Waals surface area contributed by atoms with E-state index in [0.717, 1.165) is 78.2 Å². The monoisotopic (exact) mass is 432 g/mol. The van der Waals surface area contributed by atoms with Crippen molar-refractivity contribution >= 4 is 0 Å². The maximum Gasteiger partial charge on any atom is 0.0471 e. The smallest absolute Gasteiger partial charge is 0.0471 e. The molecule has 0 aliphatic heterocycles. The Morgan fingerprint density at radius 3 is 0.700 bits per heavy atom. The Bertz CT molecular complexity index is 266. The molecule has 0 aromatic carbocycles. The molecule has 0 saturated heterocycles. The van der Waals surface area contributed by atoms with Crippen LogP contribution in [0, 0.1) is 16.2 Å². The van der Waals surface area contributed by atoms with E-state index >= 15 is 0 Å². The summed E-state index contributed by atoms with van der Waals surface area (Å²) in [7, 11) is 0. The maximum absolute atomic E-state index is 5.36. The Kier molecular flexibility index (Phi) is 23.9. The van der Waals surface area contributed by atoms with Crippen molar-refractivity contribution in [1.29, 1.82) is 0 Å². The molecule has 0 saturated carbocycles. The summed E-state index contributed by atoms with van der Waals surface area (Å²) in [5.41, 5.74) is 1.27. The summed E-state index contributed by atoms with van der Waals surface area (Å²) in [4.78, 5) is 0. The van der Waals surface area contributed by atoms with Crippen LogP contribution < -0.4 is 0 Å². The fourth-order valence-corrected chi connectivity index (χ4v) is 1.87. The third-order valence-electron chi connectivity index (χ3n) is 4.03. The predicted molar refractivity (Wildman–Crippen MR) is 136 cm³/mol. The zero-order valence-electron chi connectivity index (χ0n) is 23.2. The molecule has 0 aliphatic rings. The Morgan fingerprint density at radius 2 is 0.567 bits per heavy atom. The molecule has 0 aromatic rings. The lowest BCUT2D eigenvalue weighted by Gasteiger charge is -2.17. The van der Waals surface area contributed by atoms with Crippen molar-refractivity contribution in [1.82, 2.24) is 0 Å². The van der Waals surface area contributed by atoms with Gasteiger partial charge in [-0.25, -0.2) is 0 Å². The van der Waals surface area contributed by atoms with Gasteiger partial charge in [0.25, 0.3) is 0 Å². The average Bonchev–Trinajstić information content (AvgIpc) is 2.58. The standard InChI is InChI=1S/3C9H20O/c3*1-5-7-10-8-6-9(2,3)4/h3*5-8H2,1-4H3. The molecule has 0 amide bonds. The van der Waals surface area contributed by atoms with Crippen molar-refractivity contribution in [3.8, 4) is 0 Å². The fraction of sp³-hybridized carbons (Fsp3) is 1.00. The van der Waals surface area contributed by atoms with Gasteiger partial charge in [0.1, 0.15) is 0 Å². The van der Waals surface area contributed by atoms with Crippen molar-refractivity contribution in [3.05, 3.63) is 0 Å². The fourth-order valence-electron chi connectivity index (χ4n) is 1.87. The summed E-state index contributed by atoms with van der Waals surface area (Å²) >= 11 is 0. The molecule has 186 valence electrons. The molecule has 0 N–H and O–H groups in total. The number of ether oxygens (including phenoxy) is 3. The lowest BCUT2D eigenvalue weighted by atomic mass is 9.93. The molecule has 0 aromatic heterocycles. The quantitative estimate of drug-likeness (QED) is 0.289. The highest BCUT2D eigenvalue weighted by Crippen LogP contribution is 2.19. The molecule has 3 heteroatoms. The Labute approximate surface area is 192 Å². The van der Waals surface area contributed by atoms with Gasteiger partial charge in [0.15, 0.2) is 0 Å². The molecular weight excluding hydrogens is 372 g/mol. The van der Waals surface area contributed by atoms with Crippen LogP contribution in [0.15, 0.2) is 0 Å². The van der Waals surface area contributed by atoms with Crippen LogP contribution in [0.1, 0.15) is 122 Å². The Hall–Kier alpha value is -0.120. The topological polar surface area (TPSA) is 27.7 Å². The minimum Gasteiger partial charge on any atom is -0.381 e. The van der Waals surface area contributed by atoms with Gasteiger partial charge in [-0.3, -0.25) is 0 Å². The summed E-state index contributed by atoms with van der Waals surface area (Å²) < 4.78 is 16.1. The summed E-state index contributed by atoms with van der Waals surface area (Å²) in [5.74, 6) is 0. The van der Waals surface area contributed by atoms with Crippen molar-refractivity contribution in [2.24, 2.45) is 16.2 Å². The summed E-state index contributed by atoms with van der Waals surface area (Å²) in [6.07, 6.45) is 6.87. The van der Waals surface area contributed by atoms with E-state index in [1.807, 2.05) is 0 Å². The Balaban J connectivity index is -0.000000364. The molecule has 0 fully saturated rings. The zero-order valence-corrected chi connectivity index (χ0v) is 23.2. The summed E-state index contributed by atoms with van der Waals surface area (Å²) in [5, 5.41) is 0. The van der Waals surface area contributed by atoms with Crippen molar-refractivity contribution < 1.29 is 14.2 Å². The van der Waals surface area contributed by atoms with E-state index in [1.54, 1.807) is 0 Å². The van der Waals surface area contributed by atoms with Gasteiger partial charge in [0.05, 0.1) is 0 Å². The maximum atomic E-state index is 5.36. The van der Waals surface area contributed by atoms with Gasteiger partial charge in [-0.15, -0.1) is 0 Å². The largest absolute Gasteiger partial charge is 0.381 e. The van der Waals surface area contributed by atoms with E-state index < -0.39 is 0 Å². The highest BCUT2D eigenvalue weighted by molar-refractivity contribution is 4.60. The van der Waals surface area contributed by atoms with Crippen molar-refractivity contribution in [2.45, 2.75) is 122 Å². The van der Waals surface area contributed by atoms with Crippen LogP contribution in [-0.4, -0.2) is 39.6 Å². The first kappa shape index (κ1) is 34.5. The highest BCUT2D eigenvalue weighted by Gasteiger charge is 2.09. The third kappa shape index (κ3) is 46.2. The third-order valence-corrected chi connectivity index (χ3v) is 4.03. The van der Waals surface area contributed by atoms with Gasteiger partial charge >= 0.3 is 0 Å². The van der Waals surface area contributed by atoms with Crippen molar-refractivity contribution in [2.75, 3.05) is 39.6 Å². The lowest BCUT2D eigenvalue weighted by molar-refractivity contribution is 0.109. The van der Waals surface area contributed by atoms with Gasteiger partial charge in [-0.2, -0.15) is 0 Å². The molecule has 0 aliphatic carbocycles. The molecule has 0 unspecified atom stereocenters. The second-order valence-corrected chi connectivity index (χ2v) is 11.8. The van der Waals surface area contributed by atoms with E-state index in [9.17, 15) is 0 Å². The normalized spacial score (nSPS) is 12.0. The van der Waals surface area contributed by atoms with Gasteiger partial charge < -0.3 is 14.2 Å². The zero-order chi connectivity index (χ0) is 24.1. The molecule has 0 atom stereocenters. The van der Waals surface area contributed by atoms with Crippen LogP contribution in [0.25, 0.3) is 0 Å². The Morgan fingerprint density at radius 1 is 0.367 bits per heavy atom. The molecule has 0 radical (unpaired) electrons. The molecule has 0 rings (SSSR count). The molecule has 0 heterocycles. The van der Waals surface area contributed by atoms with Crippen molar-refractivity contribution in [3.63, 3.8) is 0 Å². The minimum absolute atomic E-state index is 0.424. The van der Waals surface area contributed by atoms with E-state index in [-0.39, 0.29) is 0 Å². The van der Waals surface area contributed by atoms with E-state index in [1.165, 1.54) is 0 Å². The van der Waals surface area contributed by atoms with Crippen LogP contribution in [0.3, 0.4) is 0 Å². The van der Waals surface area contributed by atoms with E-state index in [4.69, 9.17) is 14.2 Å². The minimum atomic E-state index is 0.424. The molecule has 3 nitrogen and oxygen atoms in total. The summed E-state index contributed by atoms with van der Waals surface area (Å²) in [6, 6.07) is 0. The summed E-state index contributed by atoms with van der Waals surface area (Å²) in [6.45, 7) is 32.0. The first-order valence-electron chi connectivity index (χ1n) is 12.4. The highest BCUT2D eigenvalue weighted by atomic mass is 16.5. The van der Waals surface area contributed by atoms with E-state index in [2.05, 4.69) is 83.1 Å². The number of rotatable bonds is 12. The van der Waals surface area contributed by atoms with Gasteiger partial charge in [0, 0.05) is 39.6 Å². The van der Waals surface area contributed by atoms with Crippen LogP contribution in [0.5, 0.6) is 0 Å². The molecule has 0 bridgehead atoms. The molecular formula is C27H60O3. The molecule has 30 heavy (non-hydrogen) atoms. The SMILES string of the molecule is CCCOCCC(C)(C)C.CCCOCCC(C)(C)C.CCCOCCC(C)(C)C.